The van der Waals surface area contributed by atoms with Crippen molar-refractivity contribution in [3.05, 3.63) is 103 Å². The van der Waals surface area contributed by atoms with E-state index in [1.165, 1.54) is 0 Å². The molecule has 142 valence electrons. The number of aliphatic imine (C=N–C) groups is 2. The average Bonchev–Trinajstić information content (AvgIpc) is 2.68. The van der Waals surface area contributed by atoms with Crippen molar-refractivity contribution in [1.82, 2.24) is 0 Å². The molecule has 0 aliphatic heterocycles. The molecule has 0 spiro atoms. The van der Waals surface area contributed by atoms with Gasteiger partial charge < -0.3 is 0 Å². The lowest BCUT2D eigenvalue weighted by molar-refractivity contribution is 0.545. The van der Waals surface area contributed by atoms with Gasteiger partial charge in [0.15, 0.2) is 0 Å². The van der Waals surface area contributed by atoms with Crippen LogP contribution in [0, 0.1) is 5.41 Å². The third kappa shape index (κ3) is 5.37. The van der Waals surface area contributed by atoms with Crippen molar-refractivity contribution in [1.29, 1.82) is 0 Å². The molecule has 0 aliphatic carbocycles. The highest BCUT2D eigenvalue weighted by Gasteiger charge is 2.15. The molecule has 0 unspecified atom stereocenters. The molecule has 0 atom stereocenters. The third-order valence-corrected chi connectivity index (χ3v) is 4.08. The molecule has 0 radical (unpaired) electrons. The van der Waals surface area contributed by atoms with E-state index in [0.29, 0.717) is 0 Å². The number of nitrogens with zero attached hydrogens (tertiary/aromatic N) is 2. The number of rotatable bonds is 7. The minimum atomic E-state index is 0.0958. The van der Waals surface area contributed by atoms with Crippen molar-refractivity contribution in [2.75, 3.05) is 0 Å². The van der Waals surface area contributed by atoms with Gasteiger partial charge in [-0.1, -0.05) is 95.1 Å². The van der Waals surface area contributed by atoms with Gasteiger partial charge in [-0.15, -0.1) is 0 Å². The lowest BCUT2D eigenvalue weighted by Gasteiger charge is -2.14. The summed E-state index contributed by atoms with van der Waals surface area (Å²) in [5, 5.41) is 0. The minimum absolute atomic E-state index is 0.0958. The molecule has 0 N–H and O–H groups in total. The molecule has 2 aromatic carbocycles. The maximum Gasteiger partial charge on any atom is 0.0801 e. The summed E-state index contributed by atoms with van der Waals surface area (Å²) in [5.74, 6) is 0. The van der Waals surface area contributed by atoms with Gasteiger partial charge in [-0.2, -0.15) is 0 Å². The first-order chi connectivity index (χ1) is 13.4. The van der Waals surface area contributed by atoms with Crippen LogP contribution in [0.15, 0.2) is 90.5 Å². The topological polar surface area (TPSA) is 24.7 Å². The van der Waals surface area contributed by atoms with E-state index >= 15 is 0 Å². The average molecular weight is 369 g/mol. The van der Waals surface area contributed by atoms with Gasteiger partial charge in [0.2, 0.25) is 0 Å². The van der Waals surface area contributed by atoms with E-state index in [1.54, 1.807) is 6.20 Å². The van der Waals surface area contributed by atoms with Gasteiger partial charge in [0.25, 0.3) is 0 Å². The van der Waals surface area contributed by atoms with Crippen molar-refractivity contribution in [2.45, 2.75) is 20.8 Å². The molecule has 0 amide bonds. The first kappa shape index (κ1) is 21.0. The number of allylic oxidation sites excluding steroid dienone is 2. The van der Waals surface area contributed by atoms with Crippen LogP contribution in [0.4, 0.5) is 5.69 Å². The second kappa shape index (κ2) is 9.61. The summed E-state index contributed by atoms with van der Waals surface area (Å²) in [6.45, 7) is 18.2. The zero-order chi connectivity index (χ0) is 20.6. The second-order valence-electron chi connectivity index (χ2n) is 7.40. The molecule has 0 fully saturated rings. The lowest BCUT2D eigenvalue weighted by atomic mass is 9.94. The predicted octanol–water partition coefficient (Wildman–Crippen LogP) is 7.26. The molecule has 0 aliphatic rings. The van der Waals surface area contributed by atoms with Crippen LogP contribution in [0.5, 0.6) is 0 Å². The summed E-state index contributed by atoms with van der Waals surface area (Å²) >= 11 is 0. The fraction of sp³-hybridized carbons (Fsp3) is 0.154. The predicted molar refractivity (Wildman–Crippen MR) is 126 cm³/mol. The van der Waals surface area contributed by atoms with Crippen molar-refractivity contribution >= 4 is 29.8 Å². The maximum absolute atomic E-state index is 4.77. The third-order valence-electron chi connectivity index (χ3n) is 4.08. The van der Waals surface area contributed by atoms with E-state index in [2.05, 4.69) is 51.6 Å². The molecular weight excluding hydrogens is 340 g/mol. The summed E-state index contributed by atoms with van der Waals surface area (Å²) < 4.78 is 0. The lowest BCUT2D eigenvalue weighted by Crippen LogP contribution is -2.05. The zero-order valence-electron chi connectivity index (χ0n) is 17.0. The molecule has 0 aromatic heterocycles. The molecular formula is C26H28N2. The normalized spacial score (nSPS) is 12.5. The van der Waals surface area contributed by atoms with Crippen LogP contribution in [-0.2, 0) is 0 Å². The van der Waals surface area contributed by atoms with Gasteiger partial charge in [-0.3, -0.25) is 9.98 Å². The van der Waals surface area contributed by atoms with Crippen LogP contribution in [0.3, 0.4) is 0 Å². The maximum atomic E-state index is 4.77. The summed E-state index contributed by atoms with van der Waals surface area (Å²) in [4.78, 5) is 9.32. The fourth-order valence-electron chi connectivity index (χ4n) is 2.78. The second-order valence-corrected chi connectivity index (χ2v) is 7.40. The first-order valence-electron chi connectivity index (χ1n) is 9.29. The molecule has 0 heterocycles. The van der Waals surface area contributed by atoms with Crippen molar-refractivity contribution in [3.8, 4) is 0 Å². The van der Waals surface area contributed by atoms with Crippen LogP contribution in [-0.4, -0.2) is 11.9 Å². The van der Waals surface area contributed by atoms with E-state index in [4.69, 9.17) is 4.99 Å². The Kier molecular flexibility index (Phi) is 7.22. The zero-order valence-corrected chi connectivity index (χ0v) is 17.0. The molecule has 0 saturated carbocycles. The Balaban J connectivity index is 2.69. The standard InChI is InChI=1S/C26H28N2/c1-7-20-16-17-23(24(27-9-3)21-14-11-10-12-15-21)25(22(20)8-2)28-19-13-18-26(4,5)6/h7-19H,1-3H2,4-6H3/b18-13+,27-24?,28-19?. The van der Waals surface area contributed by atoms with Gasteiger partial charge in [0.1, 0.15) is 0 Å². The SMILES string of the molecule is C=CN=C(c1ccccc1)c1ccc(C=C)c(C=C)c1N=C/C=C/C(C)(C)C. The Hall–Kier alpha value is -3.26. The minimum Gasteiger partial charge on any atom is -0.256 e. The van der Waals surface area contributed by atoms with Crippen LogP contribution < -0.4 is 0 Å². The van der Waals surface area contributed by atoms with Gasteiger partial charge >= 0.3 is 0 Å². The van der Waals surface area contributed by atoms with Gasteiger partial charge in [0.05, 0.1) is 11.4 Å². The highest BCUT2D eigenvalue weighted by Crippen LogP contribution is 2.32. The van der Waals surface area contributed by atoms with E-state index in [9.17, 15) is 0 Å². The monoisotopic (exact) mass is 368 g/mol. The highest BCUT2D eigenvalue weighted by molar-refractivity contribution is 6.17. The number of hydrogen-bond donors (Lipinski definition) is 0. The van der Waals surface area contributed by atoms with Gasteiger partial charge in [-0.25, -0.2) is 0 Å². The molecule has 2 aromatic rings. The van der Waals surface area contributed by atoms with E-state index in [-0.39, 0.29) is 5.41 Å². The Morgan fingerprint density at radius 1 is 0.929 bits per heavy atom. The molecule has 0 bridgehead atoms. The summed E-state index contributed by atoms with van der Waals surface area (Å²) in [7, 11) is 0. The van der Waals surface area contributed by atoms with Crippen LogP contribution >= 0.6 is 0 Å². The van der Waals surface area contributed by atoms with Crippen molar-refractivity contribution < 1.29 is 0 Å². The Morgan fingerprint density at radius 3 is 2.21 bits per heavy atom. The summed E-state index contributed by atoms with van der Waals surface area (Å²) in [6, 6.07) is 14.1. The Labute approximate surface area is 169 Å². The van der Waals surface area contributed by atoms with Gasteiger partial charge in [0, 0.05) is 29.1 Å². The number of hydrogen-bond acceptors (Lipinski definition) is 2. The van der Waals surface area contributed by atoms with Crippen molar-refractivity contribution in [2.24, 2.45) is 15.4 Å². The summed E-state index contributed by atoms with van der Waals surface area (Å²) in [5.41, 5.74) is 5.57. The molecule has 28 heavy (non-hydrogen) atoms. The van der Waals surface area contributed by atoms with Crippen LogP contribution in [0.1, 0.15) is 43.0 Å². The van der Waals surface area contributed by atoms with Crippen LogP contribution in [0.25, 0.3) is 12.2 Å². The first-order valence-corrected chi connectivity index (χ1v) is 9.29. The molecule has 2 nitrogen and oxygen atoms in total. The molecule has 2 heteroatoms. The Morgan fingerprint density at radius 2 is 1.64 bits per heavy atom. The molecule has 0 saturated heterocycles. The van der Waals surface area contributed by atoms with Crippen LogP contribution in [0.2, 0.25) is 0 Å². The van der Waals surface area contributed by atoms with Crippen molar-refractivity contribution in [3.63, 3.8) is 0 Å². The van der Waals surface area contributed by atoms with E-state index in [1.807, 2.05) is 66.9 Å². The smallest absolute Gasteiger partial charge is 0.0801 e. The number of benzene rings is 2. The van der Waals surface area contributed by atoms with E-state index < -0.39 is 0 Å². The Bertz CT molecular complexity index is 936. The highest BCUT2D eigenvalue weighted by atomic mass is 14.8. The fourth-order valence-corrected chi connectivity index (χ4v) is 2.78. The largest absolute Gasteiger partial charge is 0.256 e. The molecule has 2 rings (SSSR count). The van der Waals surface area contributed by atoms with E-state index in [0.717, 1.165) is 33.7 Å². The van der Waals surface area contributed by atoms with Gasteiger partial charge in [-0.05, 0) is 23.1 Å². The quantitative estimate of drug-likeness (QED) is 0.460. The summed E-state index contributed by atoms with van der Waals surface area (Å²) in [6.07, 6.45) is 11.1.